The molecule has 0 aliphatic carbocycles. The molecule has 0 aliphatic rings. The zero-order valence-electron chi connectivity index (χ0n) is 17.3. The SMILES string of the molecule is CCC(=O)c1nnc(-c2ccc(F)cc2)s1.CCC(O)c1nnc(-c2ccc(F)cc2)s1. The third-order valence-corrected chi connectivity index (χ3v) is 6.37. The number of aromatic nitrogens is 4. The van der Waals surface area contributed by atoms with Crippen molar-refractivity contribution in [2.75, 3.05) is 0 Å². The highest BCUT2D eigenvalue weighted by Crippen LogP contribution is 2.28. The maximum absolute atomic E-state index is 12.7. The van der Waals surface area contributed by atoms with Crippen LogP contribution in [0.3, 0.4) is 0 Å². The van der Waals surface area contributed by atoms with Gasteiger partial charge in [0.2, 0.25) is 0 Å². The van der Waals surface area contributed by atoms with Crippen molar-refractivity contribution in [1.29, 1.82) is 0 Å². The Hall–Kier alpha value is -2.95. The second-order valence-corrected chi connectivity index (χ2v) is 8.56. The van der Waals surface area contributed by atoms with Crippen molar-refractivity contribution in [3.8, 4) is 21.1 Å². The standard InChI is InChI=1S/C11H11FN2OS.C11H9FN2OS/c2*1-2-9(15)11-14-13-10(16-11)7-3-5-8(12)6-4-7/h3-6,9,15H,2H2,1H3;3-6H,2H2,1H3. The summed E-state index contributed by atoms with van der Waals surface area (Å²) in [4.78, 5) is 11.4. The summed E-state index contributed by atoms with van der Waals surface area (Å²) in [5.41, 5.74) is 1.59. The number of Topliss-reactive ketones (excluding diaryl/α,β-unsaturated/α-hetero) is 1. The molecule has 4 rings (SSSR count). The number of halogens is 2. The van der Waals surface area contributed by atoms with E-state index < -0.39 is 6.10 Å². The van der Waals surface area contributed by atoms with Gasteiger partial charge in [0.25, 0.3) is 0 Å². The molecule has 0 saturated heterocycles. The average molecular weight is 475 g/mol. The molecule has 1 N–H and O–H groups in total. The molecule has 0 bridgehead atoms. The van der Waals surface area contributed by atoms with Crippen LogP contribution in [0.5, 0.6) is 0 Å². The Morgan fingerprint density at radius 1 is 0.844 bits per heavy atom. The molecule has 0 fully saturated rings. The number of carbonyl (C=O) groups is 1. The maximum Gasteiger partial charge on any atom is 0.193 e. The van der Waals surface area contributed by atoms with Crippen LogP contribution in [0.2, 0.25) is 0 Å². The van der Waals surface area contributed by atoms with Crippen molar-refractivity contribution in [2.24, 2.45) is 0 Å². The number of hydrogen-bond donors (Lipinski definition) is 1. The molecular formula is C22H20F2N4O2S2. The number of ketones is 1. The van der Waals surface area contributed by atoms with E-state index in [0.717, 1.165) is 11.1 Å². The fourth-order valence-corrected chi connectivity index (χ4v) is 4.23. The molecule has 32 heavy (non-hydrogen) atoms. The average Bonchev–Trinajstić information content (AvgIpc) is 3.50. The van der Waals surface area contributed by atoms with Crippen LogP contribution in [0, 0.1) is 11.6 Å². The first kappa shape index (κ1) is 23.7. The highest BCUT2D eigenvalue weighted by atomic mass is 32.1. The molecule has 10 heteroatoms. The number of aliphatic hydroxyl groups excluding tert-OH is 1. The molecule has 2 heterocycles. The van der Waals surface area contributed by atoms with Gasteiger partial charge in [-0.1, -0.05) is 36.5 Å². The molecule has 0 radical (unpaired) electrons. The van der Waals surface area contributed by atoms with E-state index in [2.05, 4.69) is 20.4 Å². The zero-order valence-corrected chi connectivity index (χ0v) is 19.0. The fraction of sp³-hybridized carbons (Fsp3) is 0.227. The largest absolute Gasteiger partial charge is 0.386 e. The second kappa shape index (κ2) is 11.1. The van der Waals surface area contributed by atoms with Crippen LogP contribution in [0.15, 0.2) is 48.5 Å². The molecule has 1 atom stereocenters. The van der Waals surface area contributed by atoms with Gasteiger partial charge in [-0.25, -0.2) is 8.78 Å². The molecule has 0 amide bonds. The van der Waals surface area contributed by atoms with E-state index in [1.807, 2.05) is 6.92 Å². The molecule has 0 aliphatic heterocycles. The van der Waals surface area contributed by atoms with Gasteiger partial charge in [-0.15, -0.1) is 20.4 Å². The molecule has 2 aromatic carbocycles. The normalized spacial score (nSPS) is 11.5. The number of rotatable bonds is 6. The van der Waals surface area contributed by atoms with Gasteiger partial charge < -0.3 is 5.11 Å². The zero-order chi connectivity index (χ0) is 23.1. The molecule has 0 saturated carbocycles. The third-order valence-electron chi connectivity index (χ3n) is 4.28. The Morgan fingerprint density at radius 2 is 1.34 bits per heavy atom. The lowest BCUT2D eigenvalue weighted by molar-refractivity contribution is 0.0987. The summed E-state index contributed by atoms with van der Waals surface area (Å²) in [6.45, 7) is 3.66. The van der Waals surface area contributed by atoms with E-state index in [4.69, 9.17) is 0 Å². The summed E-state index contributed by atoms with van der Waals surface area (Å²) >= 11 is 2.56. The van der Waals surface area contributed by atoms with Gasteiger partial charge in [-0.3, -0.25) is 4.79 Å². The van der Waals surface area contributed by atoms with Gasteiger partial charge in [-0.2, -0.15) is 0 Å². The van der Waals surface area contributed by atoms with Gasteiger partial charge in [0.05, 0.1) is 0 Å². The maximum atomic E-state index is 12.7. The summed E-state index contributed by atoms with van der Waals surface area (Å²) in [5, 5.41) is 27.5. The monoisotopic (exact) mass is 474 g/mol. The van der Waals surface area contributed by atoms with E-state index >= 15 is 0 Å². The van der Waals surface area contributed by atoms with Crippen molar-refractivity contribution >= 4 is 28.5 Å². The fourth-order valence-electron chi connectivity index (χ4n) is 2.45. The summed E-state index contributed by atoms with van der Waals surface area (Å²) in [5.74, 6) is -0.592. The third kappa shape index (κ3) is 6.06. The first-order valence-corrected chi connectivity index (χ1v) is 11.4. The number of nitrogens with zero attached hydrogens (tertiary/aromatic N) is 4. The van der Waals surface area contributed by atoms with Crippen molar-refractivity contribution in [3.63, 3.8) is 0 Å². The second-order valence-electron chi connectivity index (χ2n) is 6.57. The summed E-state index contributed by atoms with van der Waals surface area (Å²) in [6.07, 6.45) is 0.461. The number of hydrogen-bond acceptors (Lipinski definition) is 8. The van der Waals surface area contributed by atoms with E-state index in [1.54, 1.807) is 31.2 Å². The van der Waals surface area contributed by atoms with Gasteiger partial charge in [0.15, 0.2) is 10.8 Å². The summed E-state index contributed by atoms with van der Waals surface area (Å²) in [6, 6.07) is 12.0. The van der Waals surface area contributed by atoms with E-state index in [1.165, 1.54) is 46.9 Å². The first-order chi connectivity index (χ1) is 15.4. The highest BCUT2D eigenvalue weighted by Gasteiger charge is 2.13. The minimum atomic E-state index is -0.563. The van der Waals surface area contributed by atoms with Gasteiger partial charge in [0, 0.05) is 17.5 Å². The van der Waals surface area contributed by atoms with Crippen LogP contribution < -0.4 is 0 Å². The molecule has 6 nitrogen and oxygen atoms in total. The van der Waals surface area contributed by atoms with Crippen molar-refractivity contribution in [1.82, 2.24) is 20.4 Å². The number of carbonyl (C=O) groups excluding carboxylic acids is 1. The van der Waals surface area contributed by atoms with Crippen molar-refractivity contribution in [2.45, 2.75) is 32.8 Å². The Bertz CT molecular complexity index is 1160. The van der Waals surface area contributed by atoms with E-state index in [0.29, 0.717) is 32.9 Å². The minimum Gasteiger partial charge on any atom is -0.386 e. The Morgan fingerprint density at radius 3 is 1.84 bits per heavy atom. The van der Waals surface area contributed by atoms with Gasteiger partial charge >= 0.3 is 0 Å². The lowest BCUT2D eigenvalue weighted by Crippen LogP contribution is -1.94. The molecule has 4 aromatic rings. The van der Waals surface area contributed by atoms with Crippen LogP contribution in [-0.2, 0) is 0 Å². The quantitative estimate of drug-likeness (QED) is 0.359. The lowest BCUT2D eigenvalue weighted by atomic mass is 10.2. The van der Waals surface area contributed by atoms with E-state index in [-0.39, 0.29) is 17.4 Å². The molecule has 1 unspecified atom stereocenters. The molecular weight excluding hydrogens is 454 g/mol. The van der Waals surface area contributed by atoms with Crippen LogP contribution in [-0.4, -0.2) is 31.3 Å². The van der Waals surface area contributed by atoms with E-state index in [9.17, 15) is 18.7 Å². The van der Waals surface area contributed by atoms with Crippen LogP contribution in [0.1, 0.15) is 47.6 Å². The molecule has 2 aromatic heterocycles. The summed E-state index contributed by atoms with van der Waals surface area (Å²) in [7, 11) is 0. The molecule has 166 valence electrons. The predicted octanol–water partition coefficient (Wildman–Crippen LogP) is 5.72. The Labute approximate surface area is 191 Å². The highest BCUT2D eigenvalue weighted by molar-refractivity contribution is 7.16. The van der Waals surface area contributed by atoms with Crippen molar-refractivity contribution in [3.05, 3.63) is 70.2 Å². The lowest BCUT2D eigenvalue weighted by Gasteiger charge is -1.99. The Kier molecular flexibility index (Phi) is 8.20. The smallest absolute Gasteiger partial charge is 0.193 e. The van der Waals surface area contributed by atoms with Crippen molar-refractivity contribution < 1.29 is 18.7 Å². The summed E-state index contributed by atoms with van der Waals surface area (Å²) < 4.78 is 25.4. The van der Waals surface area contributed by atoms with Crippen LogP contribution in [0.25, 0.3) is 21.1 Å². The van der Waals surface area contributed by atoms with Gasteiger partial charge in [-0.05, 0) is 55.0 Å². The van der Waals surface area contributed by atoms with Crippen LogP contribution >= 0.6 is 22.7 Å². The van der Waals surface area contributed by atoms with Gasteiger partial charge in [0.1, 0.15) is 32.8 Å². The Balaban J connectivity index is 0.000000181. The predicted molar refractivity (Wildman–Crippen MR) is 120 cm³/mol. The number of benzene rings is 2. The van der Waals surface area contributed by atoms with Crippen LogP contribution in [0.4, 0.5) is 8.78 Å². The molecule has 0 spiro atoms. The minimum absolute atomic E-state index is 0.0224. The number of aliphatic hydroxyl groups is 1. The topological polar surface area (TPSA) is 88.9 Å². The first-order valence-electron chi connectivity index (χ1n) is 9.81.